The van der Waals surface area contributed by atoms with E-state index in [0.29, 0.717) is 0 Å². The van der Waals surface area contributed by atoms with E-state index in [2.05, 4.69) is 26.9 Å². The average Bonchev–Trinajstić information content (AvgIpc) is 3.15. The van der Waals surface area contributed by atoms with Gasteiger partial charge in [-0.3, -0.25) is 9.88 Å². The summed E-state index contributed by atoms with van der Waals surface area (Å²) < 4.78 is 11.5. The molecule has 0 bridgehead atoms. The molecule has 0 radical (unpaired) electrons. The predicted octanol–water partition coefficient (Wildman–Crippen LogP) is 2.66. The van der Waals surface area contributed by atoms with E-state index in [1.807, 2.05) is 39.3 Å². The van der Waals surface area contributed by atoms with Crippen LogP contribution in [0.3, 0.4) is 0 Å². The monoisotopic (exact) mass is 344 g/mol. The Balaban J connectivity index is 1.57. The lowest BCUT2D eigenvalue weighted by Crippen LogP contribution is -2.25. The second kappa shape index (κ2) is 7.97. The first kappa shape index (κ1) is 17.9. The highest BCUT2D eigenvalue weighted by Crippen LogP contribution is 2.23. The molecular weight excluding hydrogens is 316 g/mol. The van der Waals surface area contributed by atoms with E-state index in [1.54, 1.807) is 0 Å². The van der Waals surface area contributed by atoms with Crippen LogP contribution in [0, 0.1) is 6.92 Å². The molecule has 0 saturated carbocycles. The first-order chi connectivity index (χ1) is 12.0. The first-order valence-corrected chi connectivity index (χ1v) is 8.97. The number of hydrogen-bond donors (Lipinski definition) is 0. The van der Waals surface area contributed by atoms with Crippen molar-refractivity contribution in [2.45, 2.75) is 45.9 Å². The van der Waals surface area contributed by atoms with Crippen LogP contribution in [-0.2, 0) is 19.5 Å². The van der Waals surface area contributed by atoms with Gasteiger partial charge in [-0.05, 0) is 39.9 Å². The second-order valence-corrected chi connectivity index (χ2v) is 7.00. The van der Waals surface area contributed by atoms with E-state index in [-0.39, 0.29) is 6.10 Å². The molecule has 1 saturated heterocycles. The third-order valence-electron chi connectivity index (χ3n) is 4.58. The third kappa shape index (κ3) is 4.58. The van der Waals surface area contributed by atoms with Gasteiger partial charge < -0.3 is 14.2 Å². The molecule has 0 N–H and O–H groups in total. The topological polar surface area (TPSA) is 54.6 Å². The number of aryl methyl sites for hydroxylation is 2. The van der Waals surface area contributed by atoms with E-state index in [9.17, 15) is 0 Å². The van der Waals surface area contributed by atoms with Gasteiger partial charge in [0, 0.05) is 44.0 Å². The van der Waals surface area contributed by atoms with Crippen LogP contribution in [0.5, 0.6) is 5.75 Å². The van der Waals surface area contributed by atoms with Gasteiger partial charge in [0.15, 0.2) is 0 Å². The van der Waals surface area contributed by atoms with Crippen molar-refractivity contribution in [3.8, 4) is 5.75 Å². The lowest BCUT2D eigenvalue weighted by Gasteiger charge is -2.17. The predicted molar refractivity (Wildman–Crippen MR) is 96.6 cm³/mol. The van der Waals surface area contributed by atoms with Crippen molar-refractivity contribution in [2.75, 3.05) is 27.2 Å². The smallest absolute Gasteiger partial charge is 0.138 e. The Kier molecular flexibility index (Phi) is 5.71. The van der Waals surface area contributed by atoms with Gasteiger partial charge >= 0.3 is 0 Å². The largest absolute Gasteiger partial charge is 0.489 e. The zero-order valence-electron chi connectivity index (χ0n) is 15.7. The Labute approximate surface area is 149 Å². The van der Waals surface area contributed by atoms with Crippen LogP contribution in [0.25, 0.3) is 0 Å². The van der Waals surface area contributed by atoms with Gasteiger partial charge in [0.25, 0.3) is 0 Å². The van der Waals surface area contributed by atoms with Gasteiger partial charge in [-0.1, -0.05) is 12.1 Å². The van der Waals surface area contributed by atoms with Gasteiger partial charge in [0.2, 0.25) is 0 Å². The van der Waals surface area contributed by atoms with Crippen molar-refractivity contribution < 1.29 is 9.26 Å². The number of likely N-dealkylation sites (tertiary alicyclic amines) is 1. The molecule has 0 aliphatic carbocycles. The van der Waals surface area contributed by atoms with E-state index >= 15 is 0 Å². The fourth-order valence-electron chi connectivity index (χ4n) is 3.31. The van der Waals surface area contributed by atoms with Crippen LogP contribution >= 0.6 is 0 Å². The second-order valence-electron chi connectivity index (χ2n) is 7.00. The molecule has 0 amide bonds. The Morgan fingerprint density at radius 1 is 1.40 bits per heavy atom. The van der Waals surface area contributed by atoms with E-state index in [0.717, 1.165) is 61.9 Å². The Morgan fingerprint density at radius 3 is 3.00 bits per heavy atom. The highest BCUT2D eigenvalue weighted by molar-refractivity contribution is 5.24. The van der Waals surface area contributed by atoms with E-state index < -0.39 is 0 Å². The lowest BCUT2D eigenvalue weighted by atomic mass is 10.1. The van der Waals surface area contributed by atoms with Crippen LogP contribution < -0.4 is 4.74 Å². The average molecular weight is 344 g/mol. The van der Waals surface area contributed by atoms with Gasteiger partial charge in [0.05, 0.1) is 11.4 Å². The maximum Gasteiger partial charge on any atom is 0.138 e. The fraction of sp³-hybridized carbons (Fsp3) is 0.579. The summed E-state index contributed by atoms with van der Waals surface area (Å²) in [5, 5.41) is 4.15. The molecule has 1 unspecified atom stereocenters. The number of pyridine rings is 1. The first-order valence-electron chi connectivity index (χ1n) is 8.97. The molecule has 1 aliphatic rings. The zero-order chi connectivity index (χ0) is 17.8. The molecule has 136 valence electrons. The van der Waals surface area contributed by atoms with Crippen molar-refractivity contribution in [3.05, 3.63) is 41.0 Å². The summed E-state index contributed by atoms with van der Waals surface area (Å²) in [4.78, 5) is 8.93. The van der Waals surface area contributed by atoms with Crippen LogP contribution in [0.4, 0.5) is 0 Å². The molecule has 6 heteroatoms. The summed E-state index contributed by atoms with van der Waals surface area (Å²) in [6.45, 7) is 7.79. The minimum absolute atomic E-state index is 0.222. The number of aromatic nitrogens is 2. The number of nitrogens with zero attached hydrogens (tertiary/aromatic N) is 4. The summed E-state index contributed by atoms with van der Waals surface area (Å²) >= 11 is 0. The number of rotatable bonds is 7. The molecule has 3 heterocycles. The van der Waals surface area contributed by atoms with Crippen molar-refractivity contribution >= 4 is 0 Å². The zero-order valence-corrected chi connectivity index (χ0v) is 15.7. The van der Waals surface area contributed by atoms with Gasteiger partial charge in [0.1, 0.15) is 17.6 Å². The van der Waals surface area contributed by atoms with E-state index in [4.69, 9.17) is 9.26 Å². The minimum Gasteiger partial charge on any atom is -0.489 e. The summed E-state index contributed by atoms with van der Waals surface area (Å²) in [7, 11) is 4.09. The Morgan fingerprint density at radius 2 is 2.24 bits per heavy atom. The summed E-state index contributed by atoms with van der Waals surface area (Å²) in [6, 6.07) is 3.99. The SMILES string of the molecule is CCc1noc(C)c1CN1CCC(Oc2ccnc(CN(C)C)c2)C1. The van der Waals surface area contributed by atoms with Crippen molar-refractivity contribution in [1.29, 1.82) is 0 Å². The molecule has 3 rings (SSSR count). The van der Waals surface area contributed by atoms with Crippen LogP contribution in [0.1, 0.15) is 36.1 Å². The normalized spacial score (nSPS) is 18.2. The summed E-state index contributed by atoms with van der Waals surface area (Å²) in [5.41, 5.74) is 3.34. The molecule has 1 aliphatic heterocycles. The van der Waals surface area contributed by atoms with Gasteiger partial charge in [-0.15, -0.1) is 0 Å². The molecule has 2 aromatic heterocycles. The molecule has 25 heavy (non-hydrogen) atoms. The standard InChI is InChI=1S/C19H28N4O2/c1-5-19-18(14(2)25-21-19)13-23-9-7-17(12-23)24-16-6-8-20-15(10-16)11-22(3)4/h6,8,10,17H,5,7,9,11-13H2,1-4H3. The summed E-state index contributed by atoms with van der Waals surface area (Å²) in [5.74, 6) is 1.85. The molecular formula is C19H28N4O2. The quantitative estimate of drug-likeness (QED) is 0.770. The molecule has 1 fully saturated rings. The maximum absolute atomic E-state index is 6.19. The van der Waals surface area contributed by atoms with Crippen LogP contribution in [0.2, 0.25) is 0 Å². The van der Waals surface area contributed by atoms with E-state index in [1.165, 1.54) is 5.56 Å². The maximum atomic E-state index is 6.19. The summed E-state index contributed by atoms with van der Waals surface area (Å²) in [6.07, 6.45) is 4.00. The lowest BCUT2D eigenvalue weighted by molar-refractivity contribution is 0.197. The highest BCUT2D eigenvalue weighted by Gasteiger charge is 2.26. The van der Waals surface area contributed by atoms with Gasteiger partial charge in [-0.2, -0.15) is 0 Å². The fourth-order valence-corrected chi connectivity index (χ4v) is 3.31. The molecule has 1 atom stereocenters. The minimum atomic E-state index is 0.222. The van der Waals surface area contributed by atoms with Crippen LogP contribution in [-0.4, -0.2) is 53.2 Å². The van der Waals surface area contributed by atoms with Crippen LogP contribution in [0.15, 0.2) is 22.9 Å². The third-order valence-corrected chi connectivity index (χ3v) is 4.58. The number of ether oxygens (including phenoxy) is 1. The van der Waals surface area contributed by atoms with Crippen molar-refractivity contribution in [1.82, 2.24) is 19.9 Å². The Bertz CT molecular complexity index is 698. The number of hydrogen-bond acceptors (Lipinski definition) is 6. The molecule has 0 aromatic carbocycles. The molecule has 2 aromatic rings. The molecule has 6 nitrogen and oxygen atoms in total. The highest BCUT2D eigenvalue weighted by atomic mass is 16.5. The van der Waals surface area contributed by atoms with Crippen molar-refractivity contribution in [3.63, 3.8) is 0 Å². The van der Waals surface area contributed by atoms with Crippen molar-refractivity contribution in [2.24, 2.45) is 0 Å². The molecule has 0 spiro atoms. The Hall–Kier alpha value is -1.92. The van der Waals surface area contributed by atoms with Gasteiger partial charge in [-0.25, -0.2) is 0 Å².